The van der Waals surface area contributed by atoms with Crippen molar-refractivity contribution in [2.75, 3.05) is 27.2 Å². The Morgan fingerprint density at radius 3 is 2.44 bits per heavy atom. The van der Waals surface area contributed by atoms with Crippen LogP contribution in [0.2, 0.25) is 0 Å². The molecule has 2 N–H and O–H groups in total. The predicted octanol–water partition coefficient (Wildman–Crippen LogP) is 1.10. The van der Waals surface area contributed by atoms with Crippen LogP contribution in [0.3, 0.4) is 0 Å². The van der Waals surface area contributed by atoms with Crippen molar-refractivity contribution in [3.05, 3.63) is 35.4 Å². The van der Waals surface area contributed by atoms with Gasteiger partial charge in [-0.2, -0.15) is 0 Å². The van der Waals surface area contributed by atoms with E-state index >= 15 is 0 Å². The van der Waals surface area contributed by atoms with E-state index in [1.54, 1.807) is 0 Å². The molecule has 1 aromatic carbocycles. The number of likely N-dealkylation sites (N-methyl/N-ethyl adjacent to an activating group) is 1. The van der Waals surface area contributed by atoms with Crippen molar-refractivity contribution in [2.24, 2.45) is 0 Å². The van der Waals surface area contributed by atoms with Crippen LogP contribution < -0.4 is 5.32 Å². The highest BCUT2D eigenvalue weighted by atomic mass is 16.3. The van der Waals surface area contributed by atoms with Gasteiger partial charge in [0.05, 0.1) is 0 Å². The summed E-state index contributed by atoms with van der Waals surface area (Å²) in [5, 5.41) is 11.6. The molecular formula is C14H22N2O2. The summed E-state index contributed by atoms with van der Waals surface area (Å²) in [5.41, 5.74) is 2.16. The molecule has 0 aliphatic carbocycles. The van der Waals surface area contributed by atoms with Crippen LogP contribution in [-0.4, -0.2) is 43.2 Å². The van der Waals surface area contributed by atoms with Crippen LogP contribution >= 0.6 is 0 Å². The molecule has 0 saturated carbocycles. The molecule has 4 heteroatoms. The molecule has 100 valence electrons. The lowest BCUT2D eigenvalue weighted by atomic mass is 10.0. The van der Waals surface area contributed by atoms with Crippen LogP contribution in [0, 0.1) is 6.92 Å². The number of rotatable bonds is 6. The van der Waals surface area contributed by atoms with Crippen molar-refractivity contribution in [1.82, 2.24) is 10.2 Å². The number of benzene rings is 1. The molecule has 0 bridgehead atoms. The van der Waals surface area contributed by atoms with Gasteiger partial charge in [0.2, 0.25) is 5.91 Å². The van der Waals surface area contributed by atoms with Gasteiger partial charge in [0.25, 0.3) is 0 Å². The first-order chi connectivity index (χ1) is 8.56. The monoisotopic (exact) mass is 250 g/mol. The molecule has 18 heavy (non-hydrogen) atoms. The largest absolute Gasteiger partial charge is 0.396 e. The summed E-state index contributed by atoms with van der Waals surface area (Å²) in [6.45, 7) is 2.62. The van der Waals surface area contributed by atoms with Crippen LogP contribution in [0.4, 0.5) is 0 Å². The first-order valence-corrected chi connectivity index (χ1v) is 6.18. The van der Waals surface area contributed by atoms with Crippen LogP contribution in [0.5, 0.6) is 0 Å². The Kier molecular flexibility index (Phi) is 5.82. The van der Waals surface area contributed by atoms with Crippen molar-refractivity contribution in [3.8, 4) is 0 Å². The lowest BCUT2D eigenvalue weighted by molar-refractivity contribution is -0.125. The third-order valence-corrected chi connectivity index (χ3v) is 2.79. The first kappa shape index (κ1) is 14.7. The molecule has 1 atom stereocenters. The van der Waals surface area contributed by atoms with Crippen LogP contribution in [0.15, 0.2) is 24.3 Å². The molecule has 1 aromatic rings. The van der Waals surface area contributed by atoms with Crippen LogP contribution in [0.25, 0.3) is 0 Å². The fraction of sp³-hybridized carbons (Fsp3) is 0.500. The van der Waals surface area contributed by atoms with E-state index in [2.05, 4.69) is 5.32 Å². The number of carbonyl (C=O) groups is 1. The summed E-state index contributed by atoms with van der Waals surface area (Å²) in [6.07, 6.45) is 0.583. The van der Waals surface area contributed by atoms with E-state index in [9.17, 15) is 4.79 Å². The van der Waals surface area contributed by atoms with Gasteiger partial charge in [-0.15, -0.1) is 0 Å². The number of hydrogen-bond donors (Lipinski definition) is 2. The standard InChI is InChI=1S/C14H22N2O2/c1-11-5-7-12(8-6-11)13(16(2)3)14(18)15-9-4-10-17/h5-8,13,17H,4,9-10H2,1-3H3,(H,15,18). The van der Waals surface area contributed by atoms with Crippen molar-refractivity contribution in [2.45, 2.75) is 19.4 Å². The third kappa shape index (κ3) is 4.13. The quantitative estimate of drug-likeness (QED) is 0.743. The van der Waals surface area contributed by atoms with Crippen molar-refractivity contribution < 1.29 is 9.90 Å². The second kappa shape index (κ2) is 7.13. The maximum atomic E-state index is 12.1. The zero-order valence-corrected chi connectivity index (χ0v) is 11.3. The number of nitrogens with zero attached hydrogens (tertiary/aromatic N) is 1. The highest BCUT2D eigenvalue weighted by molar-refractivity contribution is 5.83. The molecule has 1 unspecified atom stereocenters. The van der Waals surface area contributed by atoms with Gasteiger partial charge in [0.1, 0.15) is 6.04 Å². The summed E-state index contributed by atoms with van der Waals surface area (Å²) in [5.74, 6) is -0.0303. The Morgan fingerprint density at radius 2 is 1.94 bits per heavy atom. The van der Waals surface area contributed by atoms with Crippen molar-refractivity contribution in [1.29, 1.82) is 0 Å². The maximum absolute atomic E-state index is 12.1. The van der Waals surface area contributed by atoms with E-state index < -0.39 is 0 Å². The molecule has 0 spiro atoms. The maximum Gasteiger partial charge on any atom is 0.241 e. The zero-order chi connectivity index (χ0) is 13.5. The van der Waals surface area contributed by atoms with Gasteiger partial charge in [-0.25, -0.2) is 0 Å². The number of aliphatic hydroxyl groups is 1. The minimum absolute atomic E-state index is 0.0303. The molecule has 0 aliphatic rings. The number of aryl methyl sites for hydroxylation is 1. The van der Waals surface area contributed by atoms with E-state index in [1.807, 2.05) is 50.2 Å². The van der Waals surface area contributed by atoms with Crippen LogP contribution in [-0.2, 0) is 4.79 Å². The van der Waals surface area contributed by atoms with Gasteiger partial charge in [0, 0.05) is 13.2 Å². The van der Waals surface area contributed by atoms with E-state index in [0.717, 1.165) is 5.56 Å². The lowest BCUT2D eigenvalue weighted by Crippen LogP contribution is -2.37. The molecular weight excluding hydrogens is 228 g/mol. The minimum Gasteiger partial charge on any atom is -0.396 e. The molecule has 1 rings (SSSR count). The van der Waals surface area contributed by atoms with Crippen molar-refractivity contribution >= 4 is 5.91 Å². The van der Waals surface area contributed by atoms with E-state index in [0.29, 0.717) is 13.0 Å². The summed E-state index contributed by atoms with van der Waals surface area (Å²) >= 11 is 0. The third-order valence-electron chi connectivity index (χ3n) is 2.79. The molecule has 0 heterocycles. The summed E-state index contributed by atoms with van der Waals surface area (Å²) in [7, 11) is 3.77. The smallest absolute Gasteiger partial charge is 0.241 e. The zero-order valence-electron chi connectivity index (χ0n) is 11.3. The van der Waals surface area contributed by atoms with E-state index in [-0.39, 0.29) is 18.6 Å². The Hall–Kier alpha value is -1.39. The van der Waals surface area contributed by atoms with E-state index in [1.165, 1.54) is 5.56 Å². The molecule has 1 amide bonds. The topological polar surface area (TPSA) is 52.6 Å². The summed E-state index contributed by atoms with van der Waals surface area (Å²) in [6, 6.07) is 7.68. The Morgan fingerprint density at radius 1 is 1.33 bits per heavy atom. The van der Waals surface area contributed by atoms with Crippen molar-refractivity contribution in [3.63, 3.8) is 0 Å². The molecule has 0 fully saturated rings. The second-order valence-electron chi connectivity index (χ2n) is 4.65. The second-order valence-corrected chi connectivity index (χ2v) is 4.65. The minimum atomic E-state index is -0.288. The molecule has 4 nitrogen and oxygen atoms in total. The Labute approximate surface area is 109 Å². The van der Waals surface area contributed by atoms with Gasteiger partial charge in [0.15, 0.2) is 0 Å². The number of amides is 1. The predicted molar refractivity (Wildman–Crippen MR) is 72.3 cm³/mol. The highest BCUT2D eigenvalue weighted by Gasteiger charge is 2.22. The fourth-order valence-electron chi connectivity index (χ4n) is 1.82. The lowest BCUT2D eigenvalue weighted by Gasteiger charge is -2.24. The normalized spacial score (nSPS) is 12.5. The molecule has 0 radical (unpaired) electrons. The summed E-state index contributed by atoms with van der Waals surface area (Å²) in [4.78, 5) is 14.0. The molecule has 0 saturated heterocycles. The average molecular weight is 250 g/mol. The average Bonchev–Trinajstić information content (AvgIpc) is 2.32. The molecule has 0 aliphatic heterocycles. The number of carbonyl (C=O) groups excluding carboxylic acids is 1. The van der Waals surface area contributed by atoms with Gasteiger partial charge in [-0.1, -0.05) is 29.8 Å². The number of hydrogen-bond acceptors (Lipinski definition) is 3. The summed E-state index contributed by atoms with van der Waals surface area (Å²) < 4.78 is 0. The SMILES string of the molecule is Cc1ccc(C(C(=O)NCCCO)N(C)C)cc1. The number of nitrogens with one attached hydrogen (secondary N) is 1. The highest BCUT2D eigenvalue weighted by Crippen LogP contribution is 2.18. The Balaban J connectivity index is 2.76. The van der Waals surface area contributed by atoms with Crippen LogP contribution in [0.1, 0.15) is 23.6 Å². The van der Waals surface area contributed by atoms with Gasteiger partial charge in [-0.05, 0) is 33.0 Å². The fourth-order valence-corrected chi connectivity index (χ4v) is 1.82. The van der Waals surface area contributed by atoms with Gasteiger partial charge in [-0.3, -0.25) is 9.69 Å². The van der Waals surface area contributed by atoms with Gasteiger partial charge < -0.3 is 10.4 Å². The number of aliphatic hydroxyl groups excluding tert-OH is 1. The van der Waals surface area contributed by atoms with E-state index in [4.69, 9.17) is 5.11 Å². The first-order valence-electron chi connectivity index (χ1n) is 6.18. The van der Waals surface area contributed by atoms with Gasteiger partial charge >= 0.3 is 0 Å². The Bertz CT molecular complexity index is 374. The molecule has 0 aromatic heterocycles.